The van der Waals surface area contributed by atoms with Crippen LogP contribution in [0.1, 0.15) is 31.2 Å². The number of aromatic amines is 1. The van der Waals surface area contributed by atoms with Crippen LogP contribution in [0.3, 0.4) is 0 Å². The van der Waals surface area contributed by atoms with E-state index in [1.54, 1.807) is 0 Å². The first-order chi connectivity index (χ1) is 11.9. The molecule has 25 heavy (non-hydrogen) atoms. The maximum absolute atomic E-state index is 12.4. The number of benzene rings is 1. The van der Waals surface area contributed by atoms with Crippen molar-refractivity contribution >= 4 is 16.0 Å². The Morgan fingerprint density at radius 3 is 2.72 bits per heavy atom. The van der Waals surface area contributed by atoms with Gasteiger partial charge < -0.3 is 16.5 Å². The molecule has 0 fully saturated rings. The summed E-state index contributed by atoms with van der Waals surface area (Å²) < 4.78 is 27.4. The van der Waals surface area contributed by atoms with Gasteiger partial charge in [0.15, 0.2) is 11.0 Å². The second-order valence-corrected chi connectivity index (χ2v) is 7.52. The molecule has 0 saturated carbocycles. The van der Waals surface area contributed by atoms with Gasteiger partial charge in [-0.05, 0) is 31.7 Å². The highest BCUT2D eigenvalue weighted by Crippen LogP contribution is 2.10. The molecule has 0 aliphatic heterocycles. The fraction of sp³-hybridized carbons (Fsp3) is 0.375. The molecule has 0 spiro atoms. The van der Waals surface area contributed by atoms with Crippen molar-refractivity contribution in [3.8, 4) is 0 Å². The summed E-state index contributed by atoms with van der Waals surface area (Å²) in [4.78, 5) is 10.5. The Kier molecular flexibility index (Phi) is 6.54. The van der Waals surface area contributed by atoms with Crippen molar-refractivity contribution in [2.24, 2.45) is 16.5 Å². The monoisotopic (exact) mass is 364 g/mol. The lowest BCUT2D eigenvalue weighted by Gasteiger charge is -2.13. The van der Waals surface area contributed by atoms with Gasteiger partial charge in [-0.15, -0.1) is 0 Å². The smallest absolute Gasteiger partial charge is 0.257 e. The number of H-pyrrole nitrogens is 1. The van der Waals surface area contributed by atoms with Crippen LogP contribution in [0.15, 0.2) is 46.5 Å². The van der Waals surface area contributed by atoms with E-state index in [1.165, 1.54) is 11.8 Å². The molecule has 9 heteroatoms. The predicted octanol–water partition coefficient (Wildman–Crippen LogP) is 0.873. The van der Waals surface area contributed by atoms with Crippen LogP contribution in [-0.4, -0.2) is 30.4 Å². The molecule has 0 aliphatic carbocycles. The summed E-state index contributed by atoms with van der Waals surface area (Å²) in [5.74, 6) is 0.302. The van der Waals surface area contributed by atoms with Crippen LogP contribution in [0, 0.1) is 0 Å². The Labute approximate surface area is 147 Å². The van der Waals surface area contributed by atoms with E-state index in [2.05, 4.69) is 31.8 Å². The molecule has 136 valence electrons. The van der Waals surface area contributed by atoms with Gasteiger partial charge in [0.05, 0.1) is 6.20 Å². The number of sulfonamides is 1. The lowest BCUT2D eigenvalue weighted by Crippen LogP contribution is -2.32. The summed E-state index contributed by atoms with van der Waals surface area (Å²) in [5, 5.41) is 0.00297. The third-order valence-electron chi connectivity index (χ3n) is 3.61. The summed E-state index contributed by atoms with van der Waals surface area (Å²) in [5.41, 5.74) is 11.7. The maximum atomic E-state index is 12.4. The Bertz CT molecular complexity index is 797. The summed E-state index contributed by atoms with van der Waals surface area (Å²) in [6.07, 6.45) is 3.81. The van der Waals surface area contributed by atoms with Gasteiger partial charge in [0.2, 0.25) is 0 Å². The third-order valence-corrected chi connectivity index (χ3v) is 5.11. The fourth-order valence-corrected chi connectivity index (χ4v) is 3.59. The van der Waals surface area contributed by atoms with E-state index in [-0.39, 0.29) is 23.6 Å². The van der Waals surface area contributed by atoms with Crippen LogP contribution >= 0.6 is 0 Å². The Balaban J connectivity index is 1.86. The van der Waals surface area contributed by atoms with Gasteiger partial charge in [0, 0.05) is 6.04 Å². The van der Waals surface area contributed by atoms with Gasteiger partial charge >= 0.3 is 0 Å². The van der Waals surface area contributed by atoms with E-state index in [9.17, 15) is 8.42 Å². The SMILES string of the molecule is CC(CCCc1ccccc1)NS(=O)(=O)c1cnc(CN=C(N)N)[nH]1. The molecule has 6 N–H and O–H groups in total. The second-order valence-electron chi connectivity index (χ2n) is 5.84. The molecule has 1 aromatic heterocycles. The number of rotatable bonds is 9. The van der Waals surface area contributed by atoms with Crippen molar-refractivity contribution < 1.29 is 8.42 Å². The minimum absolute atomic E-state index is 0.00297. The number of aryl methyl sites for hydroxylation is 1. The molecule has 0 saturated heterocycles. The van der Waals surface area contributed by atoms with E-state index in [1.807, 2.05) is 25.1 Å². The average molecular weight is 364 g/mol. The standard InChI is InChI=1S/C16H24N6O2S/c1-12(6-5-9-13-7-3-2-4-8-13)22-25(23,24)15-11-19-14(21-15)10-20-16(17)18/h2-4,7-8,11-12,22H,5-6,9-10H2,1H3,(H,19,21)(H4,17,18,20). The predicted molar refractivity (Wildman–Crippen MR) is 97.3 cm³/mol. The topological polar surface area (TPSA) is 139 Å². The van der Waals surface area contributed by atoms with E-state index < -0.39 is 10.0 Å². The van der Waals surface area contributed by atoms with Crippen molar-refractivity contribution in [3.63, 3.8) is 0 Å². The van der Waals surface area contributed by atoms with Crippen molar-refractivity contribution in [3.05, 3.63) is 47.9 Å². The number of nitrogens with zero attached hydrogens (tertiary/aromatic N) is 2. The number of nitrogens with two attached hydrogens (primary N) is 2. The lowest BCUT2D eigenvalue weighted by atomic mass is 10.1. The highest BCUT2D eigenvalue weighted by Gasteiger charge is 2.19. The van der Waals surface area contributed by atoms with Gasteiger partial charge in [-0.25, -0.2) is 23.1 Å². The normalized spacial score (nSPS) is 12.7. The quantitative estimate of drug-likeness (QED) is 0.386. The van der Waals surface area contributed by atoms with E-state index in [0.29, 0.717) is 5.82 Å². The van der Waals surface area contributed by atoms with Crippen LogP contribution < -0.4 is 16.2 Å². The molecule has 0 amide bonds. The number of aromatic nitrogens is 2. The average Bonchev–Trinajstić information content (AvgIpc) is 3.03. The number of hydrogen-bond acceptors (Lipinski definition) is 4. The molecule has 2 rings (SSSR count). The highest BCUT2D eigenvalue weighted by atomic mass is 32.2. The third kappa shape index (κ3) is 6.20. The molecule has 1 aromatic carbocycles. The first kappa shape index (κ1) is 18.9. The van der Waals surface area contributed by atoms with Crippen LogP contribution in [0.5, 0.6) is 0 Å². The number of imidazole rings is 1. The zero-order valence-corrected chi connectivity index (χ0v) is 15.0. The van der Waals surface area contributed by atoms with Crippen LogP contribution in [-0.2, 0) is 23.0 Å². The summed E-state index contributed by atoms with van der Waals surface area (Å²) in [7, 11) is -3.65. The fourth-order valence-electron chi connectivity index (χ4n) is 2.37. The summed E-state index contributed by atoms with van der Waals surface area (Å²) >= 11 is 0. The second kappa shape index (κ2) is 8.63. The molecule has 8 nitrogen and oxygen atoms in total. The van der Waals surface area contributed by atoms with Gasteiger partial charge in [0.1, 0.15) is 12.4 Å². The van der Waals surface area contributed by atoms with Gasteiger partial charge in [-0.1, -0.05) is 30.3 Å². The van der Waals surface area contributed by atoms with E-state index in [0.717, 1.165) is 19.3 Å². The van der Waals surface area contributed by atoms with Crippen molar-refractivity contribution in [2.45, 2.75) is 43.8 Å². The number of guanidine groups is 1. The number of nitrogens with one attached hydrogen (secondary N) is 2. The first-order valence-corrected chi connectivity index (χ1v) is 9.50. The number of aliphatic imine (C=N–C) groups is 1. The van der Waals surface area contributed by atoms with Crippen LogP contribution in [0.4, 0.5) is 0 Å². The zero-order valence-electron chi connectivity index (χ0n) is 14.1. The van der Waals surface area contributed by atoms with Gasteiger partial charge in [0.25, 0.3) is 10.0 Å². The molecule has 1 unspecified atom stereocenters. The Morgan fingerprint density at radius 1 is 1.32 bits per heavy atom. The summed E-state index contributed by atoms with van der Waals surface area (Å²) in [6, 6.07) is 9.93. The molecule has 1 heterocycles. The zero-order chi connectivity index (χ0) is 18.3. The molecule has 2 aromatic rings. The molecule has 0 radical (unpaired) electrons. The molecular weight excluding hydrogens is 340 g/mol. The molecular formula is C16H24N6O2S. The largest absolute Gasteiger partial charge is 0.370 e. The van der Waals surface area contributed by atoms with E-state index >= 15 is 0 Å². The van der Waals surface area contributed by atoms with Crippen molar-refractivity contribution in [2.75, 3.05) is 0 Å². The molecule has 0 bridgehead atoms. The molecule has 0 aliphatic rings. The van der Waals surface area contributed by atoms with Crippen molar-refractivity contribution in [1.82, 2.24) is 14.7 Å². The van der Waals surface area contributed by atoms with Crippen molar-refractivity contribution in [1.29, 1.82) is 0 Å². The first-order valence-electron chi connectivity index (χ1n) is 8.02. The Morgan fingerprint density at radius 2 is 2.04 bits per heavy atom. The Hall–Kier alpha value is -2.39. The minimum atomic E-state index is -3.65. The van der Waals surface area contributed by atoms with E-state index in [4.69, 9.17) is 11.5 Å². The minimum Gasteiger partial charge on any atom is -0.370 e. The maximum Gasteiger partial charge on any atom is 0.257 e. The lowest BCUT2D eigenvalue weighted by molar-refractivity contribution is 0.534. The van der Waals surface area contributed by atoms with Gasteiger partial charge in [-0.2, -0.15) is 0 Å². The van der Waals surface area contributed by atoms with Crippen LogP contribution in [0.2, 0.25) is 0 Å². The van der Waals surface area contributed by atoms with Crippen LogP contribution in [0.25, 0.3) is 0 Å². The highest BCUT2D eigenvalue weighted by molar-refractivity contribution is 7.89. The van der Waals surface area contributed by atoms with Gasteiger partial charge in [-0.3, -0.25) is 0 Å². The summed E-state index contributed by atoms with van der Waals surface area (Å²) in [6.45, 7) is 1.95. The number of hydrogen-bond donors (Lipinski definition) is 4. The molecule has 1 atom stereocenters.